The minimum Gasteiger partial charge on any atom is -0.335 e. The molecule has 0 saturated heterocycles. The van der Waals surface area contributed by atoms with Crippen molar-refractivity contribution >= 4 is 63.2 Å². The molecule has 2 aromatic carbocycles. The Labute approximate surface area is 253 Å². The molecule has 41 heavy (non-hydrogen) atoms. The third kappa shape index (κ3) is 7.89. The van der Waals surface area contributed by atoms with Crippen molar-refractivity contribution in [2.75, 3.05) is 24.3 Å². The number of thioether (sulfide) groups is 1. The Kier molecular flexibility index (Phi) is 10.8. The van der Waals surface area contributed by atoms with Gasteiger partial charge in [-0.15, -0.1) is 0 Å². The number of benzene rings is 2. The molecule has 2 heterocycles. The van der Waals surface area contributed by atoms with Crippen molar-refractivity contribution in [1.29, 1.82) is 0 Å². The van der Waals surface area contributed by atoms with Crippen LogP contribution in [0.3, 0.4) is 0 Å². The summed E-state index contributed by atoms with van der Waals surface area (Å²) in [7, 11) is -2.26. The van der Waals surface area contributed by atoms with Gasteiger partial charge in [-0.05, 0) is 61.3 Å². The summed E-state index contributed by atoms with van der Waals surface area (Å²) in [4.78, 5) is 4.84. The predicted octanol–water partition coefficient (Wildman–Crippen LogP) is 8.18. The van der Waals surface area contributed by atoms with E-state index in [0.29, 0.717) is 13.0 Å². The van der Waals surface area contributed by atoms with Gasteiger partial charge >= 0.3 is 0 Å². The van der Waals surface area contributed by atoms with Crippen LogP contribution in [0.15, 0.2) is 76.2 Å². The van der Waals surface area contributed by atoms with Crippen molar-refractivity contribution in [3.63, 3.8) is 0 Å². The maximum Gasteiger partial charge on any atom is 0.267 e. The van der Waals surface area contributed by atoms with Crippen LogP contribution in [0.1, 0.15) is 60.3 Å². The molecule has 0 amide bonds. The van der Waals surface area contributed by atoms with Crippen LogP contribution >= 0.6 is 23.1 Å². The summed E-state index contributed by atoms with van der Waals surface area (Å²) < 4.78 is 30.7. The first-order valence-corrected chi connectivity index (χ1v) is 17.2. The van der Waals surface area contributed by atoms with Gasteiger partial charge in [0.05, 0.1) is 28.5 Å². The summed E-state index contributed by atoms with van der Waals surface area (Å²) in [6, 6.07) is 17.0. The Morgan fingerprint density at radius 2 is 1.80 bits per heavy atom. The van der Waals surface area contributed by atoms with Crippen molar-refractivity contribution < 1.29 is 17.2 Å². The molecular formula is C33H39N2O3S3+. The Hall–Kier alpha value is -2.91. The number of rotatable bonds is 12. The summed E-state index contributed by atoms with van der Waals surface area (Å²) in [5, 5.41) is 2.34. The zero-order valence-corrected chi connectivity index (χ0v) is 26.9. The van der Waals surface area contributed by atoms with Crippen LogP contribution in [0.5, 0.6) is 0 Å². The molecule has 4 rings (SSSR count). The first-order chi connectivity index (χ1) is 19.8. The predicted molar refractivity (Wildman–Crippen MR) is 176 cm³/mol. The maximum atomic E-state index is 11.9. The molecule has 8 heteroatoms. The van der Waals surface area contributed by atoms with Gasteiger partial charge in [0.15, 0.2) is 12.2 Å². The maximum absolute atomic E-state index is 11.9. The molecule has 0 bridgehead atoms. The Bertz CT molecular complexity index is 1580. The molecule has 0 N–H and O–H groups in total. The zero-order chi connectivity index (χ0) is 29.4. The Morgan fingerprint density at radius 1 is 1.05 bits per heavy atom. The van der Waals surface area contributed by atoms with Crippen LogP contribution in [-0.2, 0) is 20.8 Å². The molecule has 1 aliphatic rings. The molecule has 0 atom stereocenters. The monoisotopic (exact) mass is 607 g/mol. The summed E-state index contributed by atoms with van der Waals surface area (Å²) in [5.74, 6) is 0.00145. The van der Waals surface area contributed by atoms with E-state index in [0.717, 1.165) is 23.7 Å². The smallest absolute Gasteiger partial charge is 0.267 e. The molecule has 5 nitrogen and oxygen atoms in total. The number of thiazole rings is 1. The van der Waals surface area contributed by atoms with E-state index in [2.05, 4.69) is 107 Å². The fourth-order valence-electron chi connectivity index (χ4n) is 4.69. The van der Waals surface area contributed by atoms with E-state index >= 15 is 0 Å². The van der Waals surface area contributed by atoms with Gasteiger partial charge in [-0.1, -0.05) is 84.6 Å². The lowest BCUT2D eigenvalue weighted by atomic mass is 10.1. The largest absolute Gasteiger partial charge is 0.335 e. The number of nitrogens with zero attached hydrogens (tertiary/aromatic N) is 2. The molecule has 1 aliphatic heterocycles. The molecular weight excluding hydrogens is 569 g/mol. The van der Waals surface area contributed by atoms with Gasteiger partial charge in [0.1, 0.15) is 0 Å². The van der Waals surface area contributed by atoms with Crippen molar-refractivity contribution in [3.05, 3.63) is 98.0 Å². The van der Waals surface area contributed by atoms with Gasteiger partial charge in [0, 0.05) is 30.9 Å². The highest BCUT2D eigenvalue weighted by molar-refractivity contribution is 8.03. The van der Waals surface area contributed by atoms with Crippen LogP contribution < -0.4 is 9.47 Å². The number of fused-ring (bicyclic) bond motifs is 1. The minimum absolute atomic E-state index is 0.00145. The Morgan fingerprint density at radius 3 is 2.49 bits per heavy atom. The third-order valence-corrected chi connectivity index (χ3v) is 10.6. The average molecular weight is 608 g/mol. The van der Waals surface area contributed by atoms with E-state index in [1.54, 1.807) is 11.3 Å². The summed E-state index contributed by atoms with van der Waals surface area (Å²) in [5.41, 5.74) is 5.99. The molecule has 216 valence electrons. The molecule has 0 spiro atoms. The molecule has 0 aliphatic carbocycles. The standard InChI is InChI=1S/C33H39N2O3S3/c1-6-13-30-25(4)35(20-12-21-41(36,37)38-5)33(39-30)24-26(7-2)23-32-34(8-3)29-22-28(18-19-31(29)40-32)17-16-27-14-10-9-11-15-27/h6,9-11,13-19,22-24H,7-8,12,20-21H2,1-5H3/q+1/b13-6-,17-16+. The molecule has 0 saturated carbocycles. The quantitative estimate of drug-likeness (QED) is 0.118. The van der Waals surface area contributed by atoms with Gasteiger partial charge in [0.25, 0.3) is 15.1 Å². The number of allylic oxidation sites excluding steroid dienone is 3. The fraction of sp³-hybridized carbons (Fsp3) is 0.303. The van der Waals surface area contributed by atoms with Crippen molar-refractivity contribution in [2.45, 2.75) is 52.0 Å². The van der Waals surface area contributed by atoms with E-state index in [1.807, 2.05) is 30.8 Å². The normalized spacial score (nSPS) is 15.1. The van der Waals surface area contributed by atoms with Crippen molar-refractivity contribution in [2.24, 2.45) is 0 Å². The van der Waals surface area contributed by atoms with Crippen molar-refractivity contribution in [3.8, 4) is 0 Å². The number of aromatic nitrogens is 1. The number of hydrogen-bond acceptors (Lipinski definition) is 6. The minimum atomic E-state index is -3.48. The topological polar surface area (TPSA) is 50.5 Å². The second kappa shape index (κ2) is 14.3. The highest BCUT2D eigenvalue weighted by atomic mass is 32.2. The number of hydrogen-bond donors (Lipinski definition) is 0. The lowest BCUT2D eigenvalue weighted by molar-refractivity contribution is -0.699. The molecule has 1 aromatic heterocycles. The van der Waals surface area contributed by atoms with Crippen molar-refractivity contribution in [1.82, 2.24) is 0 Å². The van der Waals surface area contributed by atoms with Gasteiger partial charge in [-0.3, -0.25) is 4.18 Å². The highest BCUT2D eigenvalue weighted by Crippen LogP contribution is 2.47. The second-order valence-corrected chi connectivity index (χ2v) is 13.7. The third-order valence-electron chi connectivity index (χ3n) is 6.95. The molecule has 0 fully saturated rings. The van der Waals surface area contributed by atoms with E-state index in [4.69, 9.17) is 0 Å². The van der Waals surface area contributed by atoms with E-state index in [1.165, 1.54) is 44.3 Å². The summed E-state index contributed by atoms with van der Waals surface area (Å²) >= 11 is 3.55. The van der Waals surface area contributed by atoms with Crippen LogP contribution in [0.25, 0.3) is 24.3 Å². The van der Waals surface area contributed by atoms with Crippen LogP contribution in [0, 0.1) is 6.92 Å². The van der Waals surface area contributed by atoms with Gasteiger partial charge in [-0.2, -0.15) is 13.0 Å². The zero-order valence-electron chi connectivity index (χ0n) is 24.5. The lowest BCUT2D eigenvalue weighted by Crippen LogP contribution is -2.38. The Balaban J connectivity index is 1.62. The average Bonchev–Trinajstić information content (AvgIpc) is 3.47. The van der Waals surface area contributed by atoms with Gasteiger partial charge in [0.2, 0.25) is 0 Å². The second-order valence-electron chi connectivity index (χ2n) is 9.70. The highest BCUT2D eigenvalue weighted by Gasteiger charge is 2.25. The molecule has 0 unspecified atom stereocenters. The summed E-state index contributed by atoms with van der Waals surface area (Å²) in [6.07, 6.45) is 14.4. The van der Waals surface area contributed by atoms with Gasteiger partial charge in [-0.25, -0.2) is 0 Å². The first-order valence-electron chi connectivity index (χ1n) is 14.0. The molecule has 3 aromatic rings. The van der Waals surface area contributed by atoms with Gasteiger partial charge < -0.3 is 4.90 Å². The van der Waals surface area contributed by atoms with Crippen LogP contribution in [0.4, 0.5) is 5.69 Å². The first kappa shape index (κ1) is 31.0. The van der Waals surface area contributed by atoms with E-state index < -0.39 is 10.1 Å². The van der Waals surface area contributed by atoms with E-state index in [9.17, 15) is 8.42 Å². The number of anilines is 1. The van der Waals surface area contributed by atoms with Crippen LogP contribution in [0.2, 0.25) is 0 Å². The lowest BCUT2D eigenvalue weighted by Gasteiger charge is -2.18. The van der Waals surface area contributed by atoms with E-state index in [-0.39, 0.29) is 5.75 Å². The molecule has 0 radical (unpaired) electrons. The SMILES string of the molecule is C/C=C\c1sc(/C=C(/C=C2/Sc3ccc(/C=C/c4ccccc4)cc3N2CC)CC)[n+](CCCS(=O)(=O)OC)c1C. The van der Waals surface area contributed by atoms with Crippen LogP contribution in [-0.4, -0.2) is 27.8 Å². The fourth-order valence-corrected chi connectivity index (χ4v) is 7.76. The summed E-state index contributed by atoms with van der Waals surface area (Å²) in [6.45, 7) is 9.99.